The van der Waals surface area contributed by atoms with Gasteiger partial charge in [0.1, 0.15) is 11.5 Å². The Hall–Kier alpha value is -3.41. The van der Waals surface area contributed by atoms with E-state index in [9.17, 15) is 73.0 Å². The zero-order valence-corrected chi connectivity index (χ0v) is 33.5. The summed E-state index contributed by atoms with van der Waals surface area (Å²) in [5.74, 6) is -4.22. The normalized spacial score (nSPS) is 11.1. The molecule has 53 heavy (non-hydrogen) atoms. The molecule has 0 aromatic heterocycles. The van der Waals surface area contributed by atoms with Gasteiger partial charge in [0.05, 0.1) is 55.2 Å². The summed E-state index contributed by atoms with van der Waals surface area (Å²) >= 11 is 5.71. The maximum absolute atomic E-state index is 12.6. The second-order valence-corrected chi connectivity index (χ2v) is 11.9. The second kappa shape index (κ2) is 22.7. The van der Waals surface area contributed by atoms with Crippen molar-refractivity contribution in [2.24, 2.45) is 0 Å². The number of aliphatic carboxylic acids is 1. The summed E-state index contributed by atoms with van der Waals surface area (Å²) in [6.07, 6.45) is -4.61. The van der Waals surface area contributed by atoms with Crippen molar-refractivity contribution in [3.05, 3.63) is 101 Å². The van der Waals surface area contributed by atoms with Crippen molar-refractivity contribution in [1.29, 1.82) is 0 Å². The van der Waals surface area contributed by atoms with Crippen LogP contribution in [0.3, 0.4) is 0 Å². The minimum absolute atomic E-state index is 0. The van der Waals surface area contributed by atoms with Crippen molar-refractivity contribution >= 4 is 48.2 Å². The number of benzene rings is 3. The quantitative estimate of drug-likeness (QED) is 0.0642. The molecular weight excluding hydrogens is 790 g/mol. The van der Waals surface area contributed by atoms with E-state index in [4.69, 9.17) is 26.1 Å². The number of aromatic hydroxyl groups is 1. The number of carbonyl (C=O) groups is 2. The first-order valence-corrected chi connectivity index (χ1v) is 15.7. The maximum Gasteiger partial charge on any atom is 1.00 e. The van der Waals surface area contributed by atoms with Crippen LogP contribution >= 0.6 is 19.2 Å². The van der Waals surface area contributed by atoms with E-state index in [0.717, 1.165) is 36.4 Å². The molecule has 0 radical (unpaired) electrons. The minimum Gasteiger partial charge on any atom is -0.549 e. The topological polar surface area (TPSA) is 309 Å². The molecular formula is C27H25ClF3N4Na2O15P. The van der Waals surface area contributed by atoms with Gasteiger partial charge in [-0.25, -0.2) is 0 Å². The van der Waals surface area contributed by atoms with Gasteiger partial charge in [0.25, 0.3) is 11.4 Å². The van der Waals surface area contributed by atoms with Gasteiger partial charge in [-0.15, -0.1) is 0 Å². The number of carbonyl (C=O) groups excluding carboxylic acids is 2. The van der Waals surface area contributed by atoms with E-state index < -0.39 is 81.6 Å². The molecule has 0 aliphatic rings. The number of nitro benzene ring substituents is 3. The van der Waals surface area contributed by atoms with Gasteiger partial charge in [-0.1, -0.05) is 25.4 Å². The number of nitrogens with zero attached hydrogens (tertiary/aromatic N) is 3. The SMILES string of the molecule is CCC(C)c1cc([N+](=O)[O-])cc([N+](=O)[O-])c1O.O=C([O-])CNCP(=O)(O)O.O=C([O-])c1cc(Oc2ccc(C(F)(F)F)cc2Cl)ccc1[N+](=O)[O-].[Na+].[Na+]. The molecule has 3 aromatic rings. The molecule has 0 bridgehead atoms. The number of aromatic carboxylic acids is 1. The van der Waals surface area contributed by atoms with E-state index in [2.05, 4.69) is 0 Å². The first-order valence-electron chi connectivity index (χ1n) is 13.5. The first kappa shape index (κ1) is 51.7. The number of ether oxygens (including phenoxy) is 1. The Kier molecular flexibility index (Phi) is 22.2. The molecule has 0 aliphatic carbocycles. The van der Waals surface area contributed by atoms with Gasteiger partial charge in [0.15, 0.2) is 5.75 Å². The molecule has 3 aromatic carbocycles. The summed E-state index contributed by atoms with van der Waals surface area (Å²) < 4.78 is 52.9. The number of hydrogen-bond donors (Lipinski definition) is 4. The number of hydrogen-bond acceptors (Lipinski definition) is 14. The van der Waals surface area contributed by atoms with Crippen molar-refractivity contribution in [2.45, 2.75) is 32.4 Å². The smallest absolute Gasteiger partial charge is 0.549 e. The van der Waals surface area contributed by atoms with Crippen LogP contribution in [0.2, 0.25) is 5.02 Å². The molecule has 3 rings (SSSR count). The van der Waals surface area contributed by atoms with Gasteiger partial charge in [-0.3, -0.25) is 34.9 Å². The Labute approximate surface area is 345 Å². The molecule has 0 saturated carbocycles. The molecule has 4 N–H and O–H groups in total. The van der Waals surface area contributed by atoms with Crippen LogP contribution in [0.4, 0.5) is 30.2 Å². The van der Waals surface area contributed by atoms with Crippen LogP contribution in [0.1, 0.15) is 47.7 Å². The number of rotatable bonds is 12. The number of phenolic OH excluding ortho intramolecular Hbond substituents is 1. The molecule has 26 heteroatoms. The van der Waals surface area contributed by atoms with Crippen LogP contribution in [0.15, 0.2) is 48.5 Å². The third kappa shape index (κ3) is 17.5. The summed E-state index contributed by atoms with van der Waals surface area (Å²) in [7, 11) is -4.12. The van der Waals surface area contributed by atoms with Gasteiger partial charge < -0.3 is 44.7 Å². The Morgan fingerprint density at radius 1 is 0.943 bits per heavy atom. The molecule has 0 spiro atoms. The molecule has 0 aliphatic heterocycles. The fourth-order valence-corrected chi connectivity index (χ4v) is 4.18. The summed E-state index contributed by atoms with van der Waals surface area (Å²) in [6.45, 7) is 3.02. The summed E-state index contributed by atoms with van der Waals surface area (Å²) in [5.41, 5.74) is -3.21. The van der Waals surface area contributed by atoms with E-state index >= 15 is 0 Å². The molecule has 0 fully saturated rings. The largest absolute Gasteiger partial charge is 1.00 e. The zero-order chi connectivity index (χ0) is 39.4. The molecule has 19 nitrogen and oxygen atoms in total. The predicted octanol–water partition coefficient (Wildman–Crippen LogP) is -2.39. The van der Waals surface area contributed by atoms with Gasteiger partial charge in [-0.2, -0.15) is 13.2 Å². The Bertz CT molecular complexity index is 1850. The average molecular weight is 815 g/mol. The molecule has 0 saturated heterocycles. The summed E-state index contributed by atoms with van der Waals surface area (Å²) in [4.78, 5) is 66.5. The molecule has 0 amide bonds. The fraction of sp³-hybridized carbons (Fsp3) is 0.259. The van der Waals surface area contributed by atoms with Crippen LogP contribution in [0.25, 0.3) is 0 Å². The van der Waals surface area contributed by atoms with Crippen molar-refractivity contribution in [2.75, 3.05) is 12.8 Å². The van der Waals surface area contributed by atoms with Crippen LogP contribution in [0.5, 0.6) is 17.2 Å². The third-order valence-electron chi connectivity index (χ3n) is 6.11. The first-order chi connectivity index (χ1) is 23.4. The number of carboxylic acid groups (broad SMARTS) is 2. The van der Waals surface area contributed by atoms with E-state index in [1.165, 1.54) is 6.07 Å². The van der Waals surface area contributed by atoms with Crippen LogP contribution in [-0.2, 0) is 15.5 Å². The van der Waals surface area contributed by atoms with E-state index in [-0.39, 0.29) is 92.8 Å². The second-order valence-electron chi connectivity index (χ2n) is 9.82. The zero-order valence-electron chi connectivity index (χ0n) is 27.9. The summed E-state index contributed by atoms with van der Waals surface area (Å²) in [6, 6.07) is 7.04. The number of alkyl halides is 3. The van der Waals surface area contributed by atoms with Crippen LogP contribution < -0.4 is 79.4 Å². The number of nitro groups is 3. The Morgan fingerprint density at radius 2 is 1.51 bits per heavy atom. The van der Waals surface area contributed by atoms with E-state index in [1.54, 1.807) is 6.92 Å². The van der Waals surface area contributed by atoms with Crippen molar-refractivity contribution in [3.63, 3.8) is 0 Å². The molecule has 0 heterocycles. The van der Waals surface area contributed by atoms with Crippen LogP contribution in [-0.4, -0.2) is 54.4 Å². The molecule has 1 atom stereocenters. The number of nitrogens with one attached hydrogen (secondary N) is 1. The Balaban J connectivity index is 0. The van der Waals surface area contributed by atoms with Crippen molar-refractivity contribution in [1.82, 2.24) is 5.32 Å². The summed E-state index contributed by atoms with van der Waals surface area (Å²) in [5, 5.41) is 64.0. The predicted molar refractivity (Wildman–Crippen MR) is 164 cm³/mol. The number of halogens is 4. The van der Waals surface area contributed by atoms with Gasteiger partial charge >= 0.3 is 78.6 Å². The van der Waals surface area contributed by atoms with Crippen molar-refractivity contribution < 1.29 is 131 Å². The average Bonchev–Trinajstić information content (AvgIpc) is 3.00. The van der Waals surface area contributed by atoms with E-state index in [1.807, 2.05) is 12.2 Å². The Morgan fingerprint density at radius 3 is 1.92 bits per heavy atom. The van der Waals surface area contributed by atoms with E-state index in [0.29, 0.717) is 12.5 Å². The van der Waals surface area contributed by atoms with Crippen molar-refractivity contribution in [3.8, 4) is 17.2 Å². The monoisotopic (exact) mass is 814 g/mol. The number of non-ortho nitro benzene ring substituents is 1. The molecule has 278 valence electrons. The van der Waals surface area contributed by atoms with Gasteiger partial charge in [0, 0.05) is 24.2 Å². The van der Waals surface area contributed by atoms with Crippen LogP contribution in [0, 0.1) is 30.3 Å². The minimum atomic E-state index is -4.59. The standard InChI is InChI=1S/C14H7ClF3NO5.C10H12N2O5.C3H8NO5P.2Na/c15-10-5-7(14(16,17)18)1-4-12(10)24-8-2-3-11(19(22)23)9(6-8)13(20)21;1-3-6(2)8-4-7(11(14)15)5-9(10(8)13)12(16)17;5-3(6)1-4-2-10(7,8)9;;/h1-6H,(H,20,21);4-6,13H,3H2,1-2H3;4H,1-2H2,(H,5,6)(H2,7,8,9);;/q;;;2*+1/p-2. The molecule has 1 unspecified atom stereocenters. The maximum atomic E-state index is 12.6. The number of phenols is 1. The number of carboxylic acids is 2. The third-order valence-corrected chi connectivity index (χ3v) is 7.04. The fourth-order valence-electron chi connectivity index (χ4n) is 3.56. The van der Waals surface area contributed by atoms with Gasteiger partial charge in [-0.05, 0) is 42.7 Å². The van der Waals surface area contributed by atoms with Gasteiger partial charge in [0.2, 0.25) is 0 Å².